The van der Waals surface area contributed by atoms with E-state index in [0.29, 0.717) is 25.7 Å². The fourth-order valence-corrected chi connectivity index (χ4v) is 10.4. The molecule has 2 unspecified atom stereocenters. The second-order valence-electron chi connectivity index (χ2n) is 22.7. The van der Waals surface area contributed by atoms with Crippen LogP contribution >= 0.6 is 15.6 Å². The first-order valence-corrected chi connectivity index (χ1v) is 34.5. The van der Waals surface area contributed by atoms with Crippen LogP contribution < -0.4 is 0 Å². The summed E-state index contributed by atoms with van der Waals surface area (Å²) in [5.41, 5.74) is 0. The Morgan fingerprint density at radius 3 is 0.861 bits per heavy atom. The highest BCUT2D eigenvalue weighted by molar-refractivity contribution is 7.47. The molecule has 19 heteroatoms. The number of carbonyl (C=O) groups excluding carboxylic acids is 4. The Morgan fingerprint density at radius 2 is 0.582 bits per heavy atom. The number of esters is 4. The van der Waals surface area contributed by atoms with Gasteiger partial charge in [0.15, 0.2) is 12.2 Å². The number of hydrogen-bond acceptors (Lipinski definition) is 15. The van der Waals surface area contributed by atoms with E-state index in [9.17, 15) is 43.2 Å². The summed E-state index contributed by atoms with van der Waals surface area (Å²) >= 11 is 0. The average Bonchev–Trinajstić information content (AvgIpc) is 3.40. The van der Waals surface area contributed by atoms with Crippen molar-refractivity contribution >= 4 is 39.5 Å². The molecule has 0 fully saturated rings. The Balaban J connectivity index is 5.20. The lowest BCUT2D eigenvalue weighted by Gasteiger charge is -2.21. The zero-order chi connectivity index (χ0) is 58.7. The largest absolute Gasteiger partial charge is 0.472 e. The van der Waals surface area contributed by atoms with Gasteiger partial charge in [0.05, 0.1) is 26.4 Å². The number of phosphoric ester groups is 2. The Morgan fingerprint density at radius 1 is 0.342 bits per heavy atom. The second-order valence-corrected chi connectivity index (χ2v) is 25.6. The lowest BCUT2D eigenvalue weighted by molar-refractivity contribution is -0.161. The van der Waals surface area contributed by atoms with Crippen LogP contribution in [0.5, 0.6) is 0 Å². The number of unbranched alkanes of at least 4 members (excludes halogenated alkanes) is 29. The number of phosphoric acid groups is 2. The Bertz CT molecular complexity index is 1560. The standard InChI is InChI=1S/C60H116O17P2/c1-7-9-11-13-22-30-36-42-57(62)70-48-55(76-59(64)44-38-32-23-14-12-10-8-2)50-74-78(66,67)72-46-54(61)47-73-79(68,69)75-51-56(49-71-58(63)43-37-31-26-21-17-19-25-29-35-41-53(5)6)77-60(65)45-39-33-27-20-16-15-18-24-28-34-40-52(3)4/h52-56,61H,7-51H2,1-6H3,(H,66,67)(H,68,69)/t54-,55+,56+/m0/s1. The lowest BCUT2D eigenvalue weighted by atomic mass is 10.0. The van der Waals surface area contributed by atoms with Crippen molar-refractivity contribution in [3.63, 3.8) is 0 Å². The van der Waals surface area contributed by atoms with Gasteiger partial charge in [-0.25, -0.2) is 9.13 Å². The molecule has 0 aromatic rings. The van der Waals surface area contributed by atoms with E-state index in [-0.39, 0.29) is 25.7 Å². The summed E-state index contributed by atoms with van der Waals surface area (Å²) in [6, 6.07) is 0. The quantitative estimate of drug-likeness (QED) is 0.0222. The molecule has 0 aliphatic rings. The summed E-state index contributed by atoms with van der Waals surface area (Å²) in [4.78, 5) is 71.8. The maximum atomic E-state index is 12.9. The maximum Gasteiger partial charge on any atom is 0.472 e. The topological polar surface area (TPSA) is 237 Å². The van der Waals surface area contributed by atoms with Crippen LogP contribution in [0, 0.1) is 11.8 Å². The molecular formula is C60H116O17P2. The van der Waals surface area contributed by atoms with Gasteiger partial charge in [-0.1, -0.05) is 241 Å². The van der Waals surface area contributed by atoms with Crippen molar-refractivity contribution in [1.29, 1.82) is 0 Å². The summed E-state index contributed by atoms with van der Waals surface area (Å²) in [5, 5.41) is 10.5. The zero-order valence-electron chi connectivity index (χ0n) is 50.7. The summed E-state index contributed by atoms with van der Waals surface area (Å²) in [6.07, 6.45) is 33.7. The molecule has 79 heavy (non-hydrogen) atoms. The molecular weight excluding hydrogens is 1050 g/mol. The number of aliphatic hydroxyl groups excluding tert-OH is 1. The first-order chi connectivity index (χ1) is 37.9. The van der Waals surface area contributed by atoms with Crippen LogP contribution in [0.4, 0.5) is 0 Å². The molecule has 0 radical (unpaired) electrons. The van der Waals surface area contributed by atoms with Crippen molar-refractivity contribution in [3.05, 3.63) is 0 Å². The average molecular weight is 1170 g/mol. The Kier molecular flexibility index (Phi) is 51.5. The van der Waals surface area contributed by atoms with Gasteiger partial charge in [-0.15, -0.1) is 0 Å². The van der Waals surface area contributed by atoms with Crippen LogP contribution in [0.15, 0.2) is 0 Å². The smallest absolute Gasteiger partial charge is 0.462 e. The van der Waals surface area contributed by atoms with Gasteiger partial charge >= 0.3 is 39.5 Å². The fourth-order valence-electron chi connectivity index (χ4n) is 8.82. The summed E-state index contributed by atoms with van der Waals surface area (Å²) in [5.74, 6) is -0.652. The predicted octanol–water partition coefficient (Wildman–Crippen LogP) is 16.1. The van der Waals surface area contributed by atoms with E-state index >= 15 is 0 Å². The molecule has 3 N–H and O–H groups in total. The van der Waals surface area contributed by atoms with E-state index < -0.39 is 97.5 Å². The molecule has 0 rings (SSSR count). The van der Waals surface area contributed by atoms with Crippen molar-refractivity contribution in [2.24, 2.45) is 11.8 Å². The third kappa shape index (κ3) is 55.0. The minimum Gasteiger partial charge on any atom is -0.462 e. The van der Waals surface area contributed by atoms with Gasteiger partial charge in [0.2, 0.25) is 0 Å². The van der Waals surface area contributed by atoms with Crippen LogP contribution in [-0.2, 0) is 65.4 Å². The molecule has 0 heterocycles. The third-order valence-electron chi connectivity index (χ3n) is 13.7. The van der Waals surface area contributed by atoms with Crippen LogP contribution in [0.1, 0.15) is 292 Å². The van der Waals surface area contributed by atoms with E-state index in [1.54, 1.807) is 0 Å². The predicted molar refractivity (Wildman–Crippen MR) is 312 cm³/mol. The molecule has 0 spiro atoms. The van der Waals surface area contributed by atoms with Gasteiger partial charge in [-0.3, -0.25) is 37.3 Å². The van der Waals surface area contributed by atoms with Crippen molar-refractivity contribution in [1.82, 2.24) is 0 Å². The molecule has 0 aliphatic heterocycles. The van der Waals surface area contributed by atoms with Crippen molar-refractivity contribution in [3.8, 4) is 0 Å². The molecule has 17 nitrogen and oxygen atoms in total. The molecule has 0 bridgehead atoms. The number of rotatable bonds is 59. The molecule has 5 atom stereocenters. The summed E-state index contributed by atoms with van der Waals surface area (Å²) in [7, 11) is -9.87. The summed E-state index contributed by atoms with van der Waals surface area (Å²) < 4.78 is 67.6. The molecule has 0 saturated carbocycles. The van der Waals surface area contributed by atoms with Gasteiger partial charge < -0.3 is 33.8 Å². The van der Waals surface area contributed by atoms with E-state index in [0.717, 1.165) is 127 Å². The number of hydrogen-bond donors (Lipinski definition) is 3. The third-order valence-corrected chi connectivity index (χ3v) is 15.6. The van der Waals surface area contributed by atoms with Gasteiger partial charge in [0, 0.05) is 25.7 Å². The van der Waals surface area contributed by atoms with Gasteiger partial charge in [-0.2, -0.15) is 0 Å². The minimum absolute atomic E-state index is 0.103. The highest BCUT2D eigenvalue weighted by Gasteiger charge is 2.30. The minimum atomic E-state index is -4.94. The fraction of sp³-hybridized carbons (Fsp3) is 0.933. The molecule has 0 aromatic carbocycles. The van der Waals surface area contributed by atoms with E-state index in [2.05, 4.69) is 41.5 Å². The Labute approximate surface area is 479 Å². The molecule has 468 valence electrons. The highest BCUT2D eigenvalue weighted by atomic mass is 31.2. The van der Waals surface area contributed by atoms with Gasteiger partial charge in [-0.05, 0) is 37.5 Å². The van der Waals surface area contributed by atoms with Crippen molar-refractivity contribution in [2.45, 2.75) is 310 Å². The van der Waals surface area contributed by atoms with Gasteiger partial charge in [0.1, 0.15) is 19.3 Å². The second kappa shape index (κ2) is 52.8. The molecule has 0 aliphatic carbocycles. The maximum absolute atomic E-state index is 12.9. The van der Waals surface area contributed by atoms with Crippen LogP contribution in [0.3, 0.4) is 0 Å². The molecule has 0 aromatic heterocycles. The van der Waals surface area contributed by atoms with Crippen molar-refractivity contribution in [2.75, 3.05) is 39.6 Å². The number of carbonyl (C=O) groups is 4. The van der Waals surface area contributed by atoms with Crippen molar-refractivity contribution < 1.29 is 80.2 Å². The Hall–Kier alpha value is -1.94. The first-order valence-electron chi connectivity index (χ1n) is 31.5. The van der Waals surface area contributed by atoms with E-state index in [1.807, 2.05) is 0 Å². The zero-order valence-corrected chi connectivity index (χ0v) is 52.4. The SMILES string of the molecule is CCCCCCCCCC(=O)OC[C@H](COP(=O)(O)OC[C@H](O)COP(=O)(O)OC[C@@H](COC(=O)CCCCCCCCCCCC(C)C)OC(=O)CCCCCCCCCCCCC(C)C)OC(=O)CCCCCCCCC. The summed E-state index contributed by atoms with van der Waals surface area (Å²) in [6.45, 7) is 9.35. The van der Waals surface area contributed by atoms with Crippen LogP contribution in [-0.4, -0.2) is 96.7 Å². The van der Waals surface area contributed by atoms with Gasteiger partial charge in [0.25, 0.3) is 0 Å². The normalized spacial score (nSPS) is 14.4. The van der Waals surface area contributed by atoms with Crippen LogP contribution in [0.25, 0.3) is 0 Å². The van der Waals surface area contributed by atoms with Crippen LogP contribution in [0.2, 0.25) is 0 Å². The van der Waals surface area contributed by atoms with E-state index in [4.69, 9.17) is 37.0 Å². The number of ether oxygens (including phenoxy) is 4. The molecule has 0 amide bonds. The van der Waals surface area contributed by atoms with E-state index in [1.165, 1.54) is 83.5 Å². The number of aliphatic hydroxyl groups is 1. The first kappa shape index (κ1) is 77.1. The highest BCUT2D eigenvalue weighted by Crippen LogP contribution is 2.45. The monoisotopic (exact) mass is 1170 g/mol. The lowest BCUT2D eigenvalue weighted by Crippen LogP contribution is -2.30. The molecule has 0 saturated heterocycles.